The molecule has 0 N–H and O–H groups in total. The topological polar surface area (TPSA) is 61.9 Å². The van der Waals surface area contributed by atoms with Crippen LogP contribution in [0.4, 0.5) is 18.9 Å². The SMILES string of the molecule is C[n+]1ccc(-c2cc(OC(F)(F)F)ccc2N=[N+]=[N-])cc1. The largest absolute Gasteiger partial charge is 0.573 e. The molecule has 5 nitrogen and oxygen atoms in total. The first kappa shape index (κ1) is 14.7. The molecule has 1 heterocycles. The van der Waals surface area contributed by atoms with Crippen molar-refractivity contribution in [2.45, 2.75) is 6.36 Å². The Morgan fingerprint density at radius 3 is 2.43 bits per heavy atom. The standard InChI is InChI=1S/C13H10F3N4O/c1-20-6-4-9(5-7-20)11-8-10(21-13(14,15)16)2-3-12(11)18-19-17/h2-8H,1H3/q+1. The zero-order valence-electron chi connectivity index (χ0n) is 10.9. The van der Waals surface area contributed by atoms with Crippen LogP contribution in [0.2, 0.25) is 0 Å². The van der Waals surface area contributed by atoms with Crippen LogP contribution in [0.15, 0.2) is 47.8 Å². The monoisotopic (exact) mass is 295 g/mol. The van der Waals surface area contributed by atoms with Crippen molar-refractivity contribution >= 4 is 5.69 Å². The zero-order valence-corrected chi connectivity index (χ0v) is 10.9. The molecule has 0 radical (unpaired) electrons. The zero-order chi connectivity index (χ0) is 15.5. The quantitative estimate of drug-likeness (QED) is 0.365. The van der Waals surface area contributed by atoms with Gasteiger partial charge in [0, 0.05) is 22.7 Å². The molecule has 0 atom stereocenters. The van der Waals surface area contributed by atoms with Crippen molar-refractivity contribution < 1.29 is 22.5 Å². The fourth-order valence-electron chi connectivity index (χ4n) is 1.76. The lowest BCUT2D eigenvalue weighted by atomic mass is 10.0. The van der Waals surface area contributed by atoms with Crippen LogP contribution in [0.25, 0.3) is 21.6 Å². The Hall–Kier alpha value is -2.73. The van der Waals surface area contributed by atoms with Crippen LogP contribution in [0, 0.1) is 0 Å². The molecular formula is C13H10F3N4O+. The van der Waals surface area contributed by atoms with Crippen molar-refractivity contribution in [1.82, 2.24) is 0 Å². The van der Waals surface area contributed by atoms with E-state index >= 15 is 0 Å². The molecule has 0 spiro atoms. The molecule has 21 heavy (non-hydrogen) atoms. The van der Waals surface area contributed by atoms with Crippen LogP contribution in [0.5, 0.6) is 5.75 Å². The summed E-state index contributed by atoms with van der Waals surface area (Å²) in [7, 11) is 1.81. The summed E-state index contributed by atoms with van der Waals surface area (Å²) in [6.45, 7) is 0. The van der Waals surface area contributed by atoms with Crippen LogP contribution >= 0.6 is 0 Å². The van der Waals surface area contributed by atoms with E-state index in [0.29, 0.717) is 11.1 Å². The van der Waals surface area contributed by atoms with E-state index in [1.165, 1.54) is 12.1 Å². The normalized spacial score (nSPS) is 10.9. The van der Waals surface area contributed by atoms with Gasteiger partial charge in [0.05, 0.1) is 0 Å². The van der Waals surface area contributed by atoms with Gasteiger partial charge in [-0.2, -0.15) is 0 Å². The average molecular weight is 295 g/mol. The van der Waals surface area contributed by atoms with E-state index in [4.69, 9.17) is 5.53 Å². The number of nitrogens with zero attached hydrogens (tertiary/aromatic N) is 4. The summed E-state index contributed by atoms with van der Waals surface area (Å²) < 4.78 is 42.5. The number of pyridine rings is 1. The third-order valence-electron chi connectivity index (χ3n) is 2.64. The van der Waals surface area contributed by atoms with E-state index in [1.807, 2.05) is 0 Å². The highest BCUT2D eigenvalue weighted by Crippen LogP contribution is 2.35. The van der Waals surface area contributed by atoms with Crippen molar-refractivity contribution in [3.05, 3.63) is 53.2 Å². The number of benzene rings is 1. The van der Waals surface area contributed by atoms with Gasteiger partial charge < -0.3 is 4.74 Å². The third kappa shape index (κ3) is 3.87. The van der Waals surface area contributed by atoms with Gasteiger partial charge in [0.1, 0.15) is 12.8 Å². The summed E-state index contributed by atoms with van der Waals surface area (Å²) in [6, 6.07) is 6.96. The molecule has 0 amide bonds. The van der Waals surface area contributed by atoms with E-state index in [0.717, 1.165) is 6.07 Å². The summed E-state index contributed by atoms with van der Waals surface area (Å²) in [5, 5.41) is 3.48. The van der Waals surface area contributed by atoms with Gasteiger partial charge in [-0.25, -0.2) is 4.57 Å². The minimum Gasteiger partial charge on any atom is -0.406 e. The molecule has 0 saturated heterocycles. The maximum absolute atomic E-state index is 12.3. The highest BCUT2D eigenvalue weighted by molar-refractivity contribution is 5.76. The molecule has 0 aliphatic heterocycles. The molecule has 1 aromatic carbocycles. The second-order valence-corrected chi connectivity index (χ2v) is 4.17. The molecule has 1 aromatic heterocycles. The van der Waals surface area contributed by atoms with Crippen molar-refractivity contribution in [3.63, 3.8) is 0 Å². The van der Waals surface area contributed by atoms with Crippen LogP contribution < -0.4 is 9.30 Å². The lowest BCUT2D eigenvalue weighted by Crippen LogP contribution is -2.25. The predicted octanol–water partition coefficient (Wildman–Crippen LogP) is 4.02. The molecule has 2 aromatic rings. The van der Waals surface area contributed by atoms with Gasteiger partial charge in [0.15, 0.2) is 12.4 Å². The molecule has 0 bridgehead atoms. The third-order valence-corrected chi connectivity index (χ3v) is 2.64. The van der Waals surface area contributed by atoms with Gasteiger partial charge in [-0.3, -0.25) is 0 Å². The molecule has 0 aliphatic carbocycles. The fourth-order valence-corrected chi connectivity index (χ4v) is 1.76. The van der Waals surface area contributed by atoms with Crippen LogP contribution in [0.1, 0.15) is 0 Å². The van der Waals surface area contributed by atoms with Gasteiger partial charge >= 0.3 is 6.36 Å². The molecule has 0 fully saturated rings. The van der Waals surface area contributed by atoms with Crippen molar-refractivity contribution in [3.8, 4) is 16.9 Å². The predicted molar refractivity (Wildman–Crippen MR) is 68.5 cm³/mol. The second kappa shape index (κ2) is 5.72. The Balaban J connectivity index is 2.51. The van der Waals surface area contributed by atoms with E-state index < -0.39 is 6.36 Å². The second-order valence-electron chi connectivity index (χ2n) is 4.17. The maximum Gasteiger partial charge on any atom is 0.573 e. The van der Waals surface area contributed by atoms with Crippen molar-refractivity contribution in [1.29, 1.82) is 0 Å². The minimum atomic E-state index is -4.78. The van der Waals surface area contributed by atoms with Gasteiger partial charge in [-0.05, 0) is 34.9 Å². The van der Waals surface area contributed by atoms with Gasteiger partial charge in [0.2, 0.25) is 0 Å². The summed E-state index contributed by atoms with van der Waals surface area (Å²) >= 11 is 0. The van der Waals surface area contributed by atoms with E-state index in [-0.39, 0.29) is 11.4 Å². The van der Waals surface area contributed by atoms with Gasteiger partial charge in [-0.15, -0.1) is 13.2 Å². The first-order chi connectivity index (χ1) is 9.89. The fraction of sp³-hybridized carbons (Fsp3) is 0.154. The minimum absolute atomic E-state index is 0.223. The Morgan fingerprint density at radius 1 is 1.19 bits per heavy atom. The summed E-state index contributed by atoms with van der Waals surface area (Å²) in [6.07, 6.45) is -1.32. The number of aryl methyl sites for hydroxylation is 1. The number of halogens is 3. The van der Waals surface area contributed by atoms with Gasteiger partial charge in [0.25, 0.3) is 0 Å². The number of aromatic nitrogens is 1. The Bertz CT molecular complexity index is 692. The molecule has 0 saturated carbocycles. The molecular weight excluding hydrogens is 285 g/mol. The lowest BCUT2D eigenvalue weighted by Gasteiger charge is -2.11. The average Bonchev–Trinajstić information content (AvgIpc) is 2.40. The number of alkyl halides is 3. The number of ether oxygens (including phenoxy) is 1. The van der Waals surface area contributed by atoms with Crippen LogP contribution in [0.3, 0.4) is 0 Å². The van der Waals surface area contributed by atoms with Crippen molar-refractivity contribution in [2.24, 2.45) is 12.2 Å². The highest BCUT2D eigenvalue weighted by atomic mass is 19.4. The number of hydrogen-bond donors (Lipinski definition) is 0. The van der Waals surface area contributed by atoms with E-state index in [1.54, 1.807) is 36.1 Å². The summed E-state index contributed by atoms with van der Waals surface area (Å²) in [5.41, 5.74) is 9.73. The van der Waals surface area contributed by atoms with E-state index in [9.17, 15) is 13.2 Å². The molecule has 0 aliphatic rings. The van der Waals surface area contributed by atoms with Crippen LogP contribution in [-0.4, -0.2) is 6.36 Å². The maximum atomic E-state index is 12.3. The first-order valence-electron chi connectivity index (χ1n) is 5.79. The Labute approximate surface area is 117 Å². The number of azide groups is 1. The lowest BCUT2D eigenvalue weighted by molar-refractivity contribution is -0.671. The van der Waals surface area contributed by atoms with Crippen LogP contribution in [-0.2, 0) is 7.05 Å². The smallest absolute Gasteiger partial charge is 0.406 e. The Morgan fingerprint density at radius 2 is 1.86 bits per heavy atom. The first-order valence-corrected chi connectivity index (χ1v) is 5.79. The Kier molecular flexibility index (Phi) is 4.00. The molecule has 108 valence electrons. The summed E-state index contributed by atoms with van der Waals surface area (Å²) in [4.78, 5) is 2.67. The number of hydrogen-bond acceptors (Lipinski definition) is 2. The van der Waals surface area contributed by atoms with E-state index in [2.05, 4.69) is 14.8 Å². The molecule has 8 heteroatoms. The molecule has 2 rings (SSSR count). The number of rotatable bonds is 3. The van der Waals surface area contributed by atoms with Crippen molar-refractivity contribution in [2.75, 3.05) is 0 Å². The highest BCUT2D eigenvalue weighted by Gasteiger charge is 2.31. The molecule has 0 unspecified atom stereocenters. The van der Waals surface area contributed by atoms with Gasteiger partial charge in [-0.1, -0.05) is 5.11 Å². The summed E-state index contributed by atoms with van der Waals surface area (Å²) in [5.74, 6) is -0.373.